The Labute approximate surface area is 305 Å². The third kappa shape index (κ3) is 7.22. The Hall–Kier alpha value is -4.57. The summed E-state index contributed by atoms with van der Waals surface area (Å²) in [6, 6.07) is 7.17. The Morgan fingerprint density at radius 1 is 1.10 bits per heavy atom. The van der Waals surface area contributed by atoms with Gasteiger partial charge < -0.3 is 34.0 Å². The Morgan fingerprint density at radius 3 is 2.46 bits per heavy atom. The number of likely N-dealkylation sites (tertiary alicyclic amines) is 1. The van der Waals surface area contributed by atoms with Crippen LogP contribution >= 0.6 is 11.6 Å². The van der Waals surface area contributed by atoms with Gasteiger partial charge in [-0.05, 0) is 36.3 Å². The highest BCUT2D eigenvalue weighted by Crippen LogP contribution is 2.32. The number of hydrogen-bond donors (Lipinski definition) is 2. The molecule has 0 spiro atoms. The van der Waals surface area contributed by atoms with Crippen molar-refractivity contribution in [1.29, 1.82) is 0 Å². The van der Waals surface area contributed by atoms with Crippen LogP contribution in [0.25, 0.3) is 11.3 Å². The first-order chi connectivity index (χ1) is 24.7. The number of nitrogens with zero attached hydrogens (tertiary/aromatic N) is 7. The van der Waals surface area contributed by atoms with E-state index < -0.39 is 29.6 Å². The Morgan fingerprint density at radius 2 is 1.81 bits per heavy atom. The van der Waals surface area contributed by atoms with Crippen LogP contribution < -0.4 is 5.32 Å². The number of methoxy groups -OCH3 is 1. The molecule has 0 radical (unpaired) electrons. The number of ether oxygens (including phenoxy) is 1. The lowest BCUT2D eigenvalue weighted by atomic mass is 9.94. The predicted octanol–water partition coefficient (Wildman–Crippen LogP) is 2.97. The number of rotatable bonds is 9. The van der Waals surface area contributed by atoms with Gasteiger partial charge in [-0.3, -0.25) is 14.4 Å². The van der Waals surface area contributed by atoms with Crippen LogP contribution in [0.1, 0.15) is 45.8 Å². The van der Waals surface area contributed by atoms with Gasteiger partial charge in [0, 0.05) is 63.6 Å². The van der Waals surface area contributed by atoms with Gasteiger partial charge in [0.1, 0.15) is 25.2 Å². The number of nitrogens with one attached hydrogen (secondary N) is 1. The molecule has 13 nitrogen and oxygen atoms in total. The van der Waals surface area contributed by atoms with Crippen molar-refractivity contribution in [2.24, 2.45) is 12.1 Å². The third-order valence-electron chi connectivity index (χ3n) is 10.1. The maximum Gasteiger partial charge on any atom is 0.291 e. The molecule has 0 saturated carbocycles. The minimum atomic E-state index is -1.07. The molecule has 3 aliphatic heterocycles. The number of carbonyl (C=O) groups excluding carboxylic acids is 3. The second kappa shape index (κ2) is 14.8. The number of quaternary nitrogens is 1. The van der Waals surface area contributed by atoms with E-state index in [1.807, 2.05) is 14.1 Å². The summed E-state index contributed by atoms with van der Waals surface area (Å²) < 4.78 is 39.5. The molecule has 2 N–H and O–H groups in total. The summed E-state index contributed by atoms with van der Waals surface area (Å²) in [6.45, 7) is 4.59. The van der Waals surface area contributed by atoms with Crippen LogP contribution in [0.2, 0.25) is 5.02 Å². The van der Waals surface area contributed by atoms with E-state index in [4.69, 9.17) is 16.3 Å². The largest absolute Gasteiger partial charge is 0.387 e. The van der Waals surface area contributed by atoms with Crippen LogP contribution in [0.4, 0.5) is 14.5 Å². The normalized spacial score (nSPS) is 21.3. The number of aliphatic hydroxyl groups excluding tert-OH is 1. The standard InChI is InChI=1S/C36H42ClF2N8O5/c1-21-27(19-46(42-21)14-15-52-5)24-8-9-26(32(39)31(24)38)29-18-40-33(43(29)2)34(49)41-22-6-7-25(28(37)16-22)35(50)44-10-12-45(13-11-44)36(51)30-17-23(48)20-47(30,3)4/h6-9,16,18-19,23,27,30,48H,10-15,17,20H2,1-5H3/q+1/p+1/t23-,27?,30+/m1/s1. The molecule has 2 saturated heterocycles. The van der Waals surface area contributed by atoms with Gasteiger partial charge in [-0.1, -0.05) is 22.4 Å². The number of anilines is 1. The lowest BCUT2D eigenvalue weighted by Crippen LogP contribution is -2.58. The molecule has 3 aromatic rings. The Kier molecular flexibility index (Phi) is 10.6. The maximum atomic E-state index is 15.5. The molecule has 0 aliphatic carbocycles. The molecule has 4 heterocycles. The molecular formula is C36H43ClF2N8O5+2. The minimum Gasteiger partial charge on any atom is -0.387 e. The number of imidazole rings is 1. The first-order valence-electron chi connectivity index (χ1n) is 17.1. The van der Waals surface area contributed by atoms with E-state index in [0.29, 0.717) is 68.2 Å². The van der Waals surface area contributed by atoms with E-state index in [2.05, 4.69) is 15.4 Å². The van der Waals surface area contributed by atoms with E-state index in [9.17, 15) is 19.5 Å². The van der Waals surface area contributed by atoms with Gasteiger partial charge in [-0.25, -0.2) is 13.8 Å². The van der Waals surface area contributed by atoms with Crippen LogP contribution in [0.5, 0.6) is 0 Å². The fraction of sp³-hybridized carbons (Fsp3) is 0.444. The summed E-state index contributed by atoms with van der Waals surface area (Å²) in [5.41, 5.74) is 1.45. The topological polar surface area (TPSA) is 132 Å². The lowest BCUT2D eigenvalue weighted by Gasteiger charge is -2.38. The number of carbonyl (C=O) groups is 3. The quantitative estimate of drug-likeness (QED) is 0.256. The van der Waals surface area contributed by atoms with E-state index in [1.54, 1.807) is 40.8 Å². The average Bonchev–Trinajstić information content (AvgIpc) is 3.76. The smallest absolute Gasteiger partial charge is 0.291 e. The molecule has 276 valence electrons. The molecule has 1 aromatic heterocycles. The number of aliphatic hydroxyl groups is 1. The summed E-state index contributed by atoms with van der Waals surface area (Å²) in [7, 11) is 6.98. The first-order valence-corrected chi connectivity index (χ1v) is 17.4. The summed E-state index contributed by atoms with van der Waals surface area (Å²) in [4.78, 5) is 47.4. The fourth-order valence-corrected chi connectivity index (χ4v) is 7.48. The fourth-order valence-electron chi connectivity index (χ4n) is 7.22. The number of amides is 3. The van der Waals surface area contributed by atoms with Gasteiger partial charge in [-0.2, -0.15) is 0 Å². The highest BCUT2D eigenvalue weighted by Gasteiger charge is 2.46. The zero-order chi connectivity index (χ0) is 37.5. The molecule has 0 bridgehead atoms. The second-order valence-electron chi connectivity index (χ2n) is 14.0. The lowest BCUT2D eigenvalue weighted by molar-refractivity contribution is -0.894. The summed E-state index contributed by atoms with van der Waals surface area (Å²) in [5, 5.41) is 17.3. The van der Waals surface area contributed by atoms with E-state index in [0.717, 1.165) is 0 Å². The van der Waals surface area contributed by atoms with Crippen LogP contribution in [0.3, 0.4) is 0 Å². The second-order valence-corrected chi connectivity index (χ2v) is 14.4. The van der Waals surface area contributed by atoms with Crippen molar-refractivity contribution in [3.63, 3.8) is 0 Å². The number of hydrogen-bond acceptors (Lipinski definition) is 7. The van der Waals surface area contributed by atoms with E-state index >= 15 is 8.78 Å². The summed E-state index contributed by atoms with van der Waals surface area (Å²) in [6.07, 6.45) is 2.93. The van der Waals surface area contributed by atoms with Crippen molar-refractivity contribution in [2.45, 2.75) is 31.4 Å². The van der Waals surface area contributed by atoms with Crippen molar-refractivity contribution >= 4 is 46.9 Å². The molecule has 3 atom stereocenters. The third-order valence-corrected chi connectivity index (χ3v) is 10.5. The number of benzene rings is 2. The molecule has 3 aliphatic rings. The maximum absolute atomic E-state index is 15.5. The van der Waals surface area contributed by atoms with Gasteiger partial charge in [0.05, 0.1) is 42.3 Å². The van der Waals surface area contributed by atoms with Crippen LogP contribution in [-0.2, 0) is 16.6 Å². The molecule has 3 amide bonds. The van der Waals surface area contributed by atoms with Gasteiger partial charge in [0.15, 0.2) is 36.3 Å². The molecule has 52 heavy (non-hydrogen) atoms. The molecule has 2 aromatic carbocycles. The molecule has 2 fully saturated rings. The number of aromatic nitrogens is 2. The summed E-state index contributed by atoms with van der Waals surface area (Å²) >= 11 is 6.53. The zero-order valence-corrected chi connectivity index (χ0v) is 30.5. The van der Waals surface area contributed by atoms with Crippen molar-refractivity contribution in [3.05, 3.63) is 70.1 Å². The predicted molar refractivity (Wildman–Crippen MR) is 191 cm³/mol. The van der Waals surface area contributed by atoms with Crippen molar-refractivity contribution in [1.82, 2.24) is 19.4 Å². The molecule has 16 heteroatoms. The molecule has 6 rings (SSSR count). The first kappa shape index (κ1) is 37.2. The molecule has 1 unspecified atom stereocenters. The SMILES string of the molecule is COCC[N+]1=CC(c2ccc(-c3cnc(C(=O)Nc4ccc(C(=O)N5CCN(C(=O)[C@@H]6C[C@@H](O)C[N+]6(C)C)CC5)c(Cl)c4)n3C)c(F)c2F)C(C)=N1. The highest BCUT2D eigenvalue weighted by molar-refractivity contribution is 6.34. The van der Waals surface area contributed by atoms with Gasteiger partial charge in [-0.15, -0.1) is 0 Å². The monoisotopic (exact) mass is 740 g/mol. The zero-order valence-electron chi connectivity index (χ0n) is 29.8. The van der Waals surface area contributed by atoms with Crippen LogP contribution in [0.15, 0.2) is 41.6 Å². The highest BCUT2D eigenvalue weighted by atomic mass is 35.5. The van der Waals surface area contributed by atoms with Crippen molar-refractivity contribution in [2.75, 3.05) is 72.4 Å². The van der Waals surface area contributed by atoms with E-state index in [1.165, 1.54) is 42.1 Å². The number of likely N-dealkylation sites (N-methyl/N-ethyl adjacent to an activating group) is 1. The minimum absolute atomic E-state index is 0.0174. The summed E-state index contributed by atoms with van der Waals surface area (Å²) in [5.74, 6) is -3.61. The Bertz CT molecular complexity index is 1970. The van der Waals surface area contributed by atoms with Crippen molar-refractivity contribution < 1.29 is 42.2 Å². The Balaban J connectivity index is 1.09. The van der Waals surface area contributed by atoms with Crippen LogP contribution in [0, 0.1) is 11.6 Å². The number of piperazine rings is 1. The molecular weight excluding hydrogens is 698 g/mol. The van der Waals surface area contributed by atoms with Gasteiger partial charge in [0.2, 0.25) is 0 Å². The van der Waals surface area contributed by atoms with Crippen LogP contribution in [-0.4, -0.2) is 142 Å². The van der Waals surface area contributed by atoms with Crippen molar-refractivity contribution in [3.8, 4) is 11.3 Å². The number of halogens is 3. The average molecular weight is 741 g/mol. The number of hydrazone groups is 1. The van der Waals surface area contributed by atoms with Gasteiger partial charge >= 0.3 is 0 Å². The van der Waals surface area contributed by atoms with E-state index in [-0.39, 0.29) is 51.1 Å². The van der Waals surface area contributed by atoms with Gasteiger partial charge in [0.25, 0.3) is 17.7 Å².